The number of rotatable bonds is 7. The maximum Gasteiger partial charge on any atom is 0.0540 e. The molecule has 1 aromatic heterocycles. The number of hydrogen-bond acceptors (Lipinski definition) is 2. The van der Waals surface area contributed by atoms with Gasteiger partial charge in [-0.2, -0.15) is 0 Å². The summed E-state index contributed by atoms with van der Waals surface area (Å²) in [6.07, 6.45) is 3.52. The van der Waals surface area contributed by atoms with Gasteiger partial charge in [0.1, 0.15) is 0 Å². The van der Waals surface area contributed by atoms with Gasteiger partial charge in [-0.3, -0.25) is 0 Å². The van der Waals surface area contributed by atoms with Crippen LogP contribution in [-0.2, 0) is 0 Å². The van der Waals surface area contributed by atoms with E-state index in [1.807, 2.05) is 11.3 Å². The van der Waals surface area contributed by atoms with Crippen LogP contribution in [0.2, 0.25) is 0 Å². The molecule has 0 saturated carbocycles. The Kier molecular flexibility index (Phi) is 8.47. The smallest absolute Gasteiger partial charge is 0.0540 e. The van der Waals surface area contributed by atoms with E-state index in [0.29, 0.717) is 5.92 Å². The molecule has 1 nitrogen and oxygen atoms in total. The lowest BCUT2D eigenvalue weighted by molar-refractivity contribution is 0.780. The molecule has 0 N–H and O–H groups in total. The van der Waals surface area contributed by atoms with Crippen molar-refractivity contribution in [2.45, 2.75) is 19.3 Å². The van der Waals surface area contributed by atoms with Crippen LogP contribution in [0.4, 0.5) is 17.1 Å². The first-order valence-corrected chi connectivity index (χ1v) is 20.0. The van der Waals surface area contributed by atoms with Crippen LogP contribution in [0.15, 0.2) is 200 Å². The molecule has 2 heteroatoms. The van der Waals surface area contributed by atoms with Crippen molar-refractivity contribution in [2.75, 3.05) is 4.90 Å². The van der Waals surface area contributed by atoms with E-state index in [1.54, 1.807) is 0 Å². The molecule has 8 aromatic carbocycles. The zero-order chi connectivity index (χ0) is 36.7. The van der Waals surface area contributed by atoms with Gasteiger partial charge < -0.3 is 4.90 Å². The standard InChI is InChI=1S/C53H39NS/c1-36-23-32-48(53-52(36)49-21-10-11-22-51(49)55-53)46-33-34-50(47-20-9-8-19-45(46)47)54(43-28-24-39(25-29-43)37-13-4-2-5-14-37)44-30-26-40(27-31-44)42-18-12-17-41(35-42)38-15-6-3-7-16-38/h2-22,24-36H,23H2,1H3/t36-/m1/s1. The van der Waals surface area contributed by atoms with Gasteiger partial charge in [0.2, 0.25) is 0 Å². The van der Waals surface area contributed by atoms with E-state index in [0.717, 1.165) is 23.5 Å². The summed E-state index contributed by atoms with van der Waals surface area (Å²) in [5.41, 5.74) is 14.8. The summed E-state index contributed by atoms with van der Waals surface area (Å²) in [4.78, 5) is 3.84. The van der Waals surface area contributed by atoms with Crippen LogP contribution in [0.3, 0.4) is 0 Å². The summed E-state index contributed by atoms with van der Waals surface area (Å²) in [7, 11) is 0. The van der Waals surface area contributed by atoms with Crippen LogP contribution in [0.1, 0.15) is 35.3 Å². The predicted octanol–water partition coefficient (Wildman–Crippen LogP) is 15.5. The van der Waals surface area contributed by atoms with Crippen LogP contribution in [-0.4, -0.2) is 0 Å². The summed E-state index contributed by atoms with van der Waals surface area (Å²) < 4.78 is 1.37. The fourth-order valence-corrected chi connectivity index (χ4v) is 9.76. The lowest BCUT2D eigenvalue weighted by Crippen LogP contribution is -2.11. The zero-order valence-electron chi connectivity index (χ0n) is 30.7. The molecule has 0 spiro atoms. The first-order valence-electron chi connectivity index (χ1n) is 19.2. The third-order valence-corrected chi connectivity index (χ3v) is 12.4. The van der Waals surface area contributed by atoms with Crippen molar-refractivity contribution in [2.24, 2.45) is 0 Å². The highest BCUT2D eigenvalue weighted by molar-refractivity contribution is 7.20. The maximum atomic E-state index is 2.48. The summed E-state index contributed by atoms with van der Waals surface area (Å²) >= 11 is 1.94. The molecule has 55 heavy (non-hydrogen) atoms. The minimum atomic E-state index is 0.499. The molecule has 0 radical (unpaired) electrons. The van der Waals surface area contributed by atoms with Crippen molar-refractivity contribution < 1.29 is 0 Å². The average molecular weight is 722 g/mol. The fraction of sp³-hybridized carbons (Fsp3) is 0.0566. The van der Waals surface area contributed by atoms with Crippen molar-refractivity contribution in [3.63, 3.8) is 0 Å². The third-order valence-electron chi connectivity index (χ3n) is 11.1. The highest BCUT2D eigenvalue weighted by atomic mass is 32.1. The Morgan fingerprint density at radius 1 is 0.455 bits per heavy atom. The van der Waals surface area contributed by atoms with Gasteiger partial charge in [0.05, 0.1) is 5.69 Å². The van der Waals surface area contributed by atoms with Gasteiger partial charge in [0.15, 0.2) is 0 Å². The molecule has 0 unspecified atom stereocenters. The minimum absolute atomic E-state index is 0.499. The number of anilines is 3. The Hall–Kier alpha value is -6.48. The van der Waals surface area contributed by atoms with Crippen LogP contribution in [0.25, 0.3) is 59.8 Å². The van der Waals surface area contributed by atoms with E-state index >= 15 is 0 Å². The SMILES string of the molecule is C[C@@H]1CC=C(c2ccc(N(c3ccc(-c4ccccc4)cc3)c3ccc(-c4cccc(-c5ccccc5)c4)cc3)c3ccccc23)c2sc3ccccc3c21. The van der Waals surface area contributed by atoms with Gasteiger partial charge in [-0.05, 0) is 116 Å². The topological polar surface area (TPSA) is 3.24 Å². The molecule has 0 bridgehead atoms. The van der Waals surface area contributed by atoms with Crippen LogP contribution < -0.4 is 4.90 Å². The minimum Gasteiger partial charge on any atom is -0.310 e. The molecule has 9 aromatic rings. The first kappa shape index (κ1) is 33.1. The van der Waals surface area contributed by atoms with Gasteiger partial charge in [-0.15, -0.1) is 11.3 Å². The maximum absolute atomic E-state index is 2.48. The lowest BCUT2D eigenvalue weighted by Gasteiger charge is -2.28. The lowest BCUT2D eigenvalue weighted by atomic mass is 9.84. The molecule has 0 amide bonds. The number of thiophene rings is 1. The van der Waals surface area contributed by atoms with Crippen LogP contribution >= 0.6 is 11.3 Å². The zero-order valence-corrected chi connectivity index (χ0v) is 31.5. The average Bonchev–Trinajstić information content (AvgIpc) is 3.66. The molecule has 1 aliphatic carbocycles. The van der Waals surface area contributed by atoms with E-state index in [1.165, 1.54) is 75.8 Å². The summed E-state index contributed by atoms with van der Waals surface area (Å²) in [5.74, 6) is 0.499. The van der Waals surface area contributed by atoms with E-state index < -0.39 is 0 Å². The Morgan fingerprint density at radius 3 is 1.62 bits per heavy atom. The van der Waals surface area contributed by atoms with E-state index in [9.17, 15) is 0 Å². The van der Waals surface area contributed by atoms with Crippen molar-refractivity contribution >= 4 is 54.8 Å². The van der Waals surface area contributed by atoms with Gasteiger partial charge >= 0.3 is 0 Å². The Labute approximate surface area is 327 Å². The second kappa shape index (κ2) is 14.1. The number of hydrogen-bond donors (Lipinski definition) is 0. The molecule has 10 rings (SSSR count). The molecule has 1 aliphatic rings. The Bertz CT molecular complexity index is 2830. The second-order valence-electron chi connectivity index (χ2n) is 14.5. The van der Waals surface area contributed by atoms with Crippen molar-refractivity contribution in [1.82, 2.24) is 0 Å². The first-order chi connectivity index (χ1) is 27.2. The molecule has 262 valence electrons. The highest BCUT2D eigenvalue weighted by Crippen LogP contribution is 2.49. The third kappa shape index (κ3) is 6.06. The molecule has 1 heterocycles. The van der Waals surface area contributed by atoms with Crippen molar-refractivity contribution in [3.05, 3.63) is 216 Å². The number of fused-ring (bicyclic) bond motifs is 4. The highest BCUT2D eigenvalue weighted by Gasteiger charge is 2.26. The normalized spacial score (nSPS) is 13.8. The molecule has 1 atom stereocenters. The van der Waals surface area contributed by atoms with Crippen molar-refractivity contribution in [1.29, 1.82) is 0 Å². The molecule has 0 aliphatic heterocycles. The largest absolute Gasteiger partial charge is 0.310 e. The monoisotopic (exact) mass is 721 g/mol. The predicted molar refractivity (Wildman–Crippen MR) is 237 cm³/mol. The number of benzene rings is 8. The molecule has 0 saturated heterocycles. The second-order valence-corrected chi connectivity index (χ2v) is 15.6. The summed E-state index contributed by atoms with van der Waals surface area (Å²) in [6.45, 7) is 2.37. The summed E-state index contributed by atoms with van der Waals surface area (Å²) in [5, 5.41) is 3.90. The van der Waals surface area contributed by atoms with Gasteiger partial charge in [-0.25, -0.2) is 0 Å². The summed E-state index contributed by atoms with van der Waals surface area (Å²) in [6, 6.07) is 70.7. The van der Waals surface area contributed by atoms with E-state index in [-0.39, 0.29) is 0 Å². The molecular weight excluding hydrogens is 683 g/mol. The quantitative estimate of drug-likeness (QED) is 0.158. The Balaban J connectivity index is 1.10. The van der Waals surface area contributed by atoms with Gasteiger partial charge in [-0.1, -0.05) is 165 Å². The molecular formula is C53H39NS. The van der Waals surface area contributed by atoms with Crippen molar-refractivity contribution in [3.8, 4) is 33.4 Å². The number of allylic oxidation sites excluding steroid dienone is 1. The molecule has 0 fully saturated rings. The van der Waals surface area contributed by atoms with E-state index in [2.05, 4.69) is 212 Å². The fourth-order valence-electron chi connectivity index (χ4n) is 8.38. The van der Waals surface area contributed by atoms with E-state index in [4.69, 9.17) is 0 Å². The van der Waals surface area contributed by atoms with Crippen LogP contribution in [0, 0.1) is 0 Å². The van der Waals surface area contributed by atoms with Crippen LogP contribution in [0.5, 0.6) is 0 Å². The number of nitrogens with zero attached hydrogens (tertiary/aromatic N) is 1. The van der Waals surface area contributed by atoms with Gasteiger partial charge in [0.25, 0.3) is 0 Å². The Morgan fingerprint density at radius 2 is 0.964 bits per heavy atom. The van der Waals surface area contributed by atoms with Gasteiger partial charge in [0, 0.05) is 26.3 Å².